The minimum absolute atomic E-state index is 0.0675. The van der Waals surface area contributed by atoms with Crippen LogP contribution in [0.2, 0.25) is 0 Å². The monoisotopic (exact) mass is 323 g/mol. The van der Waals surface area contributed by atoms with Crippen molar-refractivity contribution in [3.05, 3.63) is 65.5 Å². The van der Waals surface area contributed by atoms with Crippen LogP contribution in [0.1, 0.15) is 46.0 Å². The Morgan fingerprint density at radius 2 is 1.54 bits per heavy atom. The van der Waals surface area contributed by atoms with Gasteiger partial charge in [0, 0.05) is 29.9 Å². The van der Waals surface area contributed by atoms with Crippen molar-refractivity contribution in [1.29, 1.82) is 0 Å². The highest BCUT2D eigenvalue weighted by molar-refractivity contribution is 6.09. The number of aromatic nitrogens is 1. The molecule has 122 valence electrons. The molecular weight excluding hydrogens is 306 g/mol. The highest BCUT2D eigenvalue weighted by Crippen LogP contribution is 2.11. The molecule has 5 heteroatoms. The van der Waals surface area contributed by atoms with Crippen LogP contribution in [-0.4, -0.2) is 28.1 Å². The van der Waals surface area contributed by atoms with Crippen LogP contribution in [-0.2, 0) is 16.0 Å². The number of hydrogen-bond acceptors (Lipinski definition) is 5. The van der Waals surface area contributed by atoms with Gasteiger partial charge in [-0.15, -0.1) is 0 Å². The summed E-state index contributed by atoms with van der Waals surface area (Å²) in [6, 6.07) is 9.73. The summed E-state index contributed by atoms with van der Waals surface area (Å²) in [5, 5.41) is 0. The minimum Gasteiger partial charge on any atom is -0.300 e. The zero-order valence-electron chi connectivity index (χ0n) is 13.3. The van der Waals surface area contributed by atoms with Gasteiger partial charge >= 0.3 is 0 Å². The van der Waals surface area contributed by atoms with Gasteiger partial charge in [-0.2, -0.15) is 0 Å². The summed E-state index contributed by atoms with van der Waals surface area (Å²) in [6.07, 6.45) is 2.72. The second-order valence-electron chi connectivity index (χ2n) is 5.55. The summed E-state index contributed by atoms with van der Waals surface area (Å²) < 4.78 is 0. The van der Waals surface area contributed by atoms with Crippen LogP contribution >= 0.6 is 0 Å². The lowest BCUT2D eigenvalue weighted by atomic mass is 9.99. The molecule has 24 heavy (non-hydrogen) atoms. The van der Waals surface area contributed by atoms with E-state index in [1.165, 1.54) is 19.3 Å². The van der Waals surface area contributed by atoms with E-state index in [1.54, 1.807) is 36.4 Å². The molecule has 1 aromatic carbocycles. The van der Waals surface area contributed by atoms with Crippen LogP contribution in [0, 0.1) is 0 Å². The Morgan fingerprint density at radius 3 is 2.21 bits per heavy atom. The summed E-state index contributed by atoms with van der Waals surface area (Å²) >= 11 is 0. The number of rotatable bonds is 8. The van der Waals surface area contributed by atoms with Gasteiger partial charge in [0.2, 0.25) is 0 Å². The zero-order valence-corrected chi connectivity index (χ0v) is 13.3. The van der Waals surface area contributed by atoms with Crippen molar-refractivity contribution in [2.75, 3.05) is 0 Å². The molecule has 5 nitrogen and oxygen atoms in total. The van der Waals surface area contributed by atoms with Gasteiger partial charge in [0.1, 0.15) is 11.6 Å². The maximum atomic E-state index is 12.1. The second kappa shape index (κ2) is 8.06. The number of ketones is 4. The number of carbonyl (C=O) groups is 4. The molecule has 0 saturated heterocycles. The first-order valence-corrected chi connectivity index (χ1v) is 7.52. The minimum atomic E-state index is -0.273. The summed E-state index contributed by atoms with van der Waals surface area (Å²) in [5.41, 5.74) is 1.50. The first-order chi connectivity index (χ1) is 11.5. The molecule has 0 aliphatic carbocycles. The molecule has 0 unspecified atom stereocenters. The summed E-state index contributed by atoms with van der Waals surface area (Å²) in [5.74, 6) is -0.965. The lowest BCUT2D eigenvalue weighted by Gasteiger charge is -2.04. The fourth-order valence-corrected chi connectivity index (χ4v) is 2.29. The van der Waals surface area contributed by atoms with Gasteiger partial charge < -0.3 is 0 Å². The van der Waals surface area contributed by atoms with Crippen LogP contribution < -0.4 is 0 Å². The van der Waals surface area contributed by atoms with E-state index in [0.717, 1.165) is 0 Å². The van der Waals surface area contributed by atoms with Gasteiger partial charge in [-0.05, 0) is 30.7 Å². The van der Waals surface area contributed by atoms with Gasteiger partial charge in [0.25, 0.3) is 0 Å². The first kappa shape index (κ1) is 17.4. The standard InChI is InChI=1S/C19H17NO4/c1-13(21)9-18(23)16-4-2-3-14(10-16)11-17(22)12-19(24)15-5-7-20-8-6-15/h2-8,10H,9,11-12H2,1H3. The third-order valence-corrected chi connectivity index (χ3v) is 3.42. The van der Waals surface area contributed by atoms with Crippen molar-refractivity contribution < 1.29 is 19.2 Å². The number of Topliss-reactive ketones (excluding diaryl/α,β-unsaturated/α-hetero) is 4. The Bertz CT molecular complexity index is 781. The van der Waals surface area contributed by atoms with E-state index < -0.39 is 0 Å². The molecule has 1 aromatic heterocycles. The predicted octanol–water partition coefficient (Wildman–Crippen LogP) is 2.63. The Balaban J connectivity index is 2.00. The van der Waals surface area contributed by atoms with Crippen LogP contribution in [0.3, 0.4) is 0 Å². The predicted molar refractivity (Wildman–Crippen MR) is 88.0 cm³/mol. The van der Waals surface area contributed by atoms with E-state index in [4.69, 9.17) is 0 Å². The normalized spacial score (nSPS) is 10.2. The van der Waals surface area contributed by atoms with E-state index in [9.17, 15) is 19.2 Å². The van der Waals surface area contributed by atoms with E-state index in [1.807, 2.05) is 0 Å². The second-order valence-corrected chi connectivity index (χ2v) is 5.55. The molecule has 0 spiro atoms. The van der Waals surface area contributed by atoms with Crippen molar-refractivity contribution >= 4 is 23.1 Å². The van der Waals surface area contributed by atoms with E-state index >= 15 is 0 Å². The van der Waals surface area contributed by atoms with Crippen molar-refractivity contribution in [2.45, 2.75) is 26.2 Å². The molecule has 0 radical (unpaired) electrons. The Morgan fingerprint density at radius 1 is 0.875 bits per heavy atom. The Labute approximate surface area is 139 Å². The maximum absolute atomic E-state index is 12.1. The van der Waals surface area contributed by atoms with E-state index in [-0.39, 0.29) is 42.4 Å². The number of nitrogens with zero attached hydrogens (tertiary/aromatic N) is 1. The topological polar surface area (TPSA) is 81.2 Å². The fraction of sp³-hybridized carbons (Fsp3) is 0.211. The number of pyridine rings is 1. The molecule has 0 bridgehead atoms. The summed E-state index contributed by atoms with van der Waals surface area (Å²) in [4.78, 5) is 50.8. The Hall–Kier alpha value is -2.95. The van der Waals surface area contributed by atoms with Crippen molar-refractivity contribution in [3.63, 3.8) is 0 Å². The van der Waals surface area contributed by atoms with Gasteiger partial charge in [-0.25, -0.2) is 0 Å². The number of benzene rings is 1. The summed E-state index contributed by atoms with van der Waals surface area (Å²) in [7, 11) is 0. The first-order valence-electron chi connectivity index (χ1n) is 7.52. The maximum Gasteiger partial charge on any atom is 0.170 e. The molecule has 0 aliphatic heterocycles. The molecule has 2 aromatic rings. The molecule has 0 atom stereocenters. The van der Waals surface area contributed by atoms with E-state index in [0.29, 0.717) is 16.7 Å². The van der Waals surface area contributed by atoms with Crippen molar-refractivity contribution in [1.82, 2.24) is 4.98 Å². The number of hydrogen-bond donors (Lipinski definition) is 0. The van der Waals surface area contributed by atoms with Crippen LogP contribution in [0.25, 0.3) is 0 Å². The zero-order chi connectivity index (χ0) is 17.5. The third kappa shape index (κ3) is 5.05. The smallest absolute Gasteiger partial charge is 0.170 e. The number of carbonyl (C=O) groups excluding carboxylic acids is 4. The molecule has 0 fully saturated rings. The lowest BCUT2D eigenvalue weighted by Crippen LogP contribution is -2.11. The summed E-state index contributed by atoms with van der Waals surface area (Å²) in [6.45, 7) is 1.36. The molecule has 1 heterocycles. The van der Waals surface area contributed by atoms with Crippen LogP contribution in [0.4, 0.5) is 0 Å². The van der Waals surface area contributed by atoms with Crippen LogP contribution in [0.15, 0.2) is 48.8 Å². The average molecular weight is 323 g/mol. The largest absolute Gasteiger partial charge is 0.300 e. The molecular formula is C19H17NO4. The SMILES string of the molecule is CC(=O)CC(=O)c1cccc(CC(=O)CC(=O)c2ccncc2)c1. The van der Waals surface area contributed by atoms with Gasteiger partial charge in [-0.1, -0.05) is 18.2 Å². The average Bonchev–Trinajstić information content (AvgIpc) is 2.55. The van der Waals surface area contributed by atoms with Crippen LogP contribution in [0.5, 0.6) is 0 Å². The molecule has 0 aliphatic rings. The van der Waals surface area contributed by atoms with Crippen molar-refractivity contribution in [3.8, 4) is 0 Å². The quantitative estimate of drug-likeness (QED) is 0.551. The highest BCUT2D eigenvalue weighted by Gasteiger charge is 2.14. The van der Waals surface area contributed by atoms with Crippen molar-refractivity contribution in [2.24, 2.45) is 0 Å². The third-order valence-electron chi connectivity index (χ3n) is 3.42. The van der Waals surface area contributed by atoms with E-state index in [2.05, 4.69) is 4.98 Å². The molecule has 0 N–H and O–H groups in total. The molecule has 0 amide bonds. The fourth-order valence-electron chi connectivity index (χ4n) is 2.29. The molecule has 2 rings (SSSR count). The van der Waals surface area contributed by atoms with Gasteiger partial charge in [0.05, 0.1) is 12.8 Å². The molecule has 0 saturated carbocycles. The lowest BCUT2D eigenvalue weighted by molar-refractivity contribution is -0.118. The Kier molecular flexibility index (Phi) is 5.84. The van der Waals surface area contributed by atoms with Gasteiger partial charge in [-0.3, -0.25) is 24.2 Å². The highest BCUT2D eigenvalue weighted by atomic mass is 16.2. The van der Waals surface area contributed by atoms with Gasteiger partial charge in [0.15, 0.2) is 11.6 Å².